The Hall–Kier alpha value is -1.06. The van der Waals surface area contributed by atoms with E-state index in [0.29, 0.717) is 6.04 Å². The van der Waals surface area contributed by atoms with E-state index in [4.69, 9.17) is 10.5 Å². The van der Waals surface area contributed by atoms with Crippen molar-refractivity contribution in [1.29, 1.82) is 0 Å². The van der Waals surface area contributed by atoms with Crippen molar-refractivity contribution in [3.63, 3.8) is 0 Å². The molecule has 1 unspecified atom stereocenters. The number of hydrogen-bond acceptors (Lipinski definition) is 3. The summed E-state index contributed by atoms with van der Waals surface area (Å²) in [5, 5.41) is 3.47. The van der Waals surface area contributed by atoms with Crippen molar-refractivity contribution in [2.45, 2.75) is 32.2 Å². The van der Waals surface area contributed by atoms with Gasteiger partial charge in [0.1, 0.15) is 5.75 Å². The van der Waals surface area contributed by atoms with Gasteiger partial charge in [-0.3, -0.25) is 0 Å². The summed E-state index contributed by atoms with van der Waals surface area (Å²) in [4.78, 5) is 0. The molecular weight excluding hydrogens is 212 g/mol. The molecule has 3 N–H and O–H groups in total. The van der Waals surface area contributed by atoms with E-state index in [-0.39, 0.29) is 0 Å². The van der Waals surface area contributed by atoms with Crippen LogP contribution < -0.4 is 15.8 Å². The second kappa shape index (κ2) is 8.09. The number of aryl methyl sites for hydroxylation is 1. The molecule has 0 heterocycles. The fourth-order valence-electron chi connectivity index (χ4n) is 1.73. The molecule has 0 fully saturated rings. The Morgan fingerprint density at radius 1 is 1.29 bits per heavy atom. The molecule has 0 bridgehead atoms. The minimum atomic E-state index is 0.545. The summed E-state index contributed by atoms with van der Waals surface area (Å²) in [5.74, 6) is 0.919. The molecule has 1 rings (SSSR count). The van der Waals surface area contributed by atoms with Crippen LogP contribution in [-0.2, 0) is 6.42 Å². The highest BCUT2D eigenvalue weighted by Gasteiger charge is 2.01. The predicted molar refractivity (Wildman–Crippen MR) is 72.5 cm³/mol. The normalized spacial score (nSPS) is 12.4. The maximum absolute atomic E-state index is 5.46. The maximum atomic E-state index is 5.46. The van der Waals surface area contributed by atoms with Crippen LogP contribution in [-0.4, -0.2) is 26.2 Å². The number of hydrogen-bond donors (Lipinski definition) is 2. The first-order valence-corrected chi connectivity index (χ1v) is 6.32. The van der Waals surface area contributed by atoms with Gasteiger partial charge in [0.2, 0.25) is 0 Å². The lowest BCUT2D eigenvalue weighted by atomic mass is 10.1. The maximum Gasteiger partial charge on any atom is 0.118 e. The van der Waals surface area contributed by atoms with E-state index >= 15 is 0 Å². The summed E-state index contributed by atoms with van der Waals surface area (Å²) >= 11 is 0. The van der Waals surface area contributed by atoms with Crippen LogP contribution in [0.4, 0.5) is 0 Å². The Morgan fingerprint density at radius 3 is 2.59 bits per heavy atom. The van der Waals surface area contributed by atoms with Gasteiger partial charge >= 0.3 is 0 Å². The van der Waals surface area contributed by atoms with Crippen molar-refractivity contribution in [2.24, 2.45) is 5.73 Å². The van der Waals surface area contributed by atoms with E-state index in [1.807, 2.05) is 12.1 Å². The van der Waals surface area contributed by atoms with Crippen molar-refractivity contribution in [3.8, 4) is 5.75 Å². The highest BCUT2D eigenvalue weighted by atomic mass is 16.5. The topological polar surface area (TPSA) is 47.3 Å². The third-order valence-electron chi connectivity index (χ3n) is 2.90. The van der Waals surface area contributed by atoms with E-state index in [1.165, 1.54) is 5.56 Å². The van der Waals surface area contributed by atoms with Crippen LogP contribution in [0, 0.1) is 0 Å². The third-order valence-corrected chi connectivity index (χ3v) is 2.90. The van der Waals surface area contributed by atoms with E-state index in [1.54, 1.807) is 7.11 Å². The Labute approximate surface area is 104 Å². The van der Waals surface area contributed by atoms with E-state index in [0.717, 1.165) is 38.1 Å². The Bertz CT molecular complexity index is 298. The van der Waals surface area contributed by atoms with Crippen LogP contribution in [0.25, 0.3) is 0 Å². The average Bonchev–Trinajstić information content (AvgIpc) is 2.37. The van der Waals surface area contributed by atoms with E-state index in [2.05, 4.69) is 24.4 Å². The van der Waals surface area contributed by atoms with Gasteiger partial charge in [0.15, 0.2) is 0 Å². The molecule has 1 aromatic rings. The lowest BCUT2D eigenvalue weighted by molar-refractivity contribution is 0.414. The molecule has 0 spiro atoms. The second-order valence-electron chi connectivity index (χ2n) is 4.38. The Morgan fingerprint density at radius 2 is 2.00 bits per heavy atom. The zero-order chi connectivity index (χ0) is 12.5. The number of methoxy groups -OCH3 is 1. The van der Waals surface area contributed by atoms with Gasteiger partial charge in [-0.1, -0.05) is 12.1 Å². The second-order valence-corrected chi connectivity index (χ2v) is 4.38. The summed E-state index contributed by atoms with van der Waals surface area (Å²) in [7, 11) is 1.69. The van der Waals surface area contributed by atoms with Crippen LogP contribution >= 0.6 is 0 Å². The molecule has 0 saturated heterocycles. The highest BCUT2D eigenvalue weighted by molar-refractivity contribution is 5.27. The van der Waals surface area contributed by atoms with Crippen LogP contribution in [0.1, 0.15) is 25.3 Å². The van der Waals surface area contributed by atoms with E-state index in [9.17, 15) is 0 Å². The van der Waals surface area contributed by atoms with Gasteiger partial charge in [-0.25, -0.2) is 0 Å². The molecule has 3 heteroatoms. The van der Waals surface area contributed by atoms with Gasteiger partial charge in [0, 0.05) is 6.04 Å². The van der Waals surface area contributed by atoms with Crippen molar-refractivity contribution in [2.75, 3.05) is 20.2 Å². The molecule has 0 aromatic heterocycles. The lowest BCUT2D eigenvalue weighted by Crippen LogP contribution is -2.28. The van der Waals surface area contributed by atoms with Crippen LogP contribution in [0.2, 0.25) is 0 Å². The molecule has 0 aliphatic rings. The monoisotopic (exact) mass is 236 g/mol. The molecule has 3 nitrogen and oxygen atoms in total. The van der Waals surface area contributed by atoms with Gasteiger partial charge in [-0.2, -0.15) is 0 Å². The van der Waals surface area contributed by atoms with Crippen molar-refractivity contribution >= 4 is 0 Å². The first-order chi connectivity index (χ1) is 8.26. The number of nitrogens with two attached hydrogens (primary N) is 1. The van der Waals surface area contributed by atoms with Crippen molar-refractivity contribution in [1.82, 2.24) is 5.32 Å². The summed E-state index contributed by atoms with van der Waals surface area (Å²) in [6.07, 6.45) is 3.30. The zero-order valence-corrected chi connectivity index (χ0v) is 10.9. The number of benzene rings is 1. The molecule has 1 aromatic carbocycles. The molecule has 17 heavy (non-hydrogen) atoms. The molecule has 96 valence electrons. The summed E-state index contributed by atoms with van der Waals surface area (Å²) < 4.78 is 5.14. The summed E-state index contributed by atoms with van der Waals surface area (Å²) in [6.45, 7) is 4.00. The fraction of sp³-hybridized carbons (Fsp3) is 0.571. The van der Waals surface area contributed by atoms with Crippen LogP contribution in [0.5, 0.6) is 5.75 Å². The van der Waals surface area contributed by atoms with Gasteiger partial charge in [0.25, 0.3) is 0 Å². The van der Waals surface area contributed by atoms with Crippen molar-refractivity contribution < 1.29 is 4.74 Å². The van der Waals surface area contributed by atoms with Crippen LogP contribution in [0.3, 0.4) is 0 Å². The third kappa shape index (κ3) is 5.71. The molecule has 1 atom stereocenters. The van der Waals surface area contributed by atoms with E-state index < -0.39 is 0 Å². The zero-order valence-electron chi connectivity index (χ0n) is 10.9. The first-order valence-electron chi connectivity index (χ1n) is 6.32. The average molecular weight is 236 g/mol. The number of nitrogens with one attached hydrogen (secondary N) is 1. The molecule has 0 saturated carbocycles. The predicted octanol–water partition coefficient (Wildman–Crippen LogP) is 1.95. The molecular formula is C14H24N2O. The van der Waals surface area contributed by atoms with Crippen molar-refractivity contribution in [3.05, 3.63) is 29.8 Å². The minimum absolute atomic E-state index is 0.545. The first kappa shape index (κ1) is 14.0. The van der Waals surface area contributed by atoms with Gasteiger partial charge in [-0.05, 0) is 57.0 Å². The number of rotatable bonds is 8. The molecule has 0 amide bonds. The largest absolute Gasteiger partial charge is 0.497 e. The van der Waals surface area contributed by atoms with Gasteiger partial charge in [-0.15, -0.1) is 0 Å². The highest BCUT2D eigenvalue weighted by Crippen LogP contribution is 2.13. The van der Waals surface area contributed by atoms with Gasteiger partial charge < -0.3 is 15.8 Å². The molecule has 0 radical (unpaired) electrons. The molecule has 0 aliphatic heterocycles. The van der Waals surface area contributed by atoms with Gasteiger partial charge in [0.05, 0.1) is 7.11 Å². The summed E-state index contributed by atoms with van der Waals surface area (Å²) in [6, 6.07) is 8.84. The van der Waals surface area contributed by atoms with Crippen LogP contribution in [0.15, 0.2) is 24.3 Å². The number of ether oxygens (including phenoxy) is 1. The smallest absolute Gasteiger partial charge is 0.118 e. The summed E-state index contributed by atoms with van der Waals surface area (Å²) in [5.41, 5.74) is 6.81. The standard InChI is InChI=1S/C14H24N2O/c1-12(16-11-3-10-15)4-5-13-6-8-14(17-2)9-7-13/h6-9,12,16H,3-5,10-11,15H2,1-2H3. The lowest BCUT2D eigenvalue weighted by Gasteiger charge is -2.13. The quantitative estimate of drug-likeness (QED) is 0.678. The SMILES string of the molecule is COc1ccc(CCC(C)NCCCN)cc1. The molecule has 0 aliphatic carbocycles. The Kier molecular flexibility index (Phi) is 6.67. The fourth-order valence-corrected chi connectivity index (χ4v) is 1.73. The Balaban J connectivity index is 2.24. The minimum Gasteiger partial charge on any atom is -0.497 e.